The number of hydrogen-bond donors (Lipinski definition) is 0. The minimum absolute atomic E-state index is 0.244. The van der Waals surface area contributed by atoms with E-state index in [9.17, 15) is 4.79 Å². The average molecular weight is 369 g/mol. The Labute approximate surface area is 105 Å². The zero-order valence-corrected chi connectivity index (χ0v) is 11.5. The number of carbonyl (C=O) groups is 1. The molecule has 0 amide bonds. The standard InChI is InChI=1S/C10H10BrIO2/c1-2-14-10(13)9-4-3-8(11)5-7(9)6-12/h3-5H,2,6H2,1H3. The van der Waals surface area contributed by atoms with Crippen LogP contribution >= 0.6 is 38.5 Å². The van der Waals surface area contributed by atoms with E-state index in [1.807, 2.05) is 12.1 Å². The summed E-state index contributed by atoms with van der Waals surface area (Å²) in [5.74, 6) is -0.244. The first-order chi connectivity index (χ1) is 6.69. The maximum absolute atomic E-state index is 11.5. The Kier molecular flexibility index (Phi) is 4.88. The molecule has 0 aliphatic rings. The molecule has 76 valence electrons. The molecule has 0 saturated heterocycles. The summed E-state index contributed by atoms with van der Waals surface area (Å²) in [5.41, 5.74) is 1.66. The van der Waals surface area contributed by atoms with E-state index in [-0.39, 0.29) is 5.97 Å². The normalized spacial score (nSPS) is 9.93. The van der Waals surface area contributed by atoms with Crippen molar-refractivity contribution in [2.75, 3.05) is 6.61 Å². The quantitative estimate of drug-likeness (QED) is 0.463. The molecule has 4 heteroatoms. The fourth-order valence-corrected chi connectivity index (χ4v) is 2.12. The molecule has 1 aromatic rings. The third-order valence-electron chi connectivity index (χ3n) is 1.71. The second-order valence-electron chi connectivity index (χ2n) is 2.66. The molecule has 1 aromatic carbocycles. The molecular weight excluding hydrogens is 359 g/mol. The van der Waals surface area contributed by atoms with E-state index in [1.165, 1.54) is 0 Å². The molecule has 0 spiro atoms. The number of ether oxygens (including phenoxy) is 1. The second kappa shape index (κ2) is 5.70. The lowest BCUT2D eigenvalue weighted by Crippen LogP contribution is -2.07. The average Bonchev–Trinajstić information content (AvgIpc) is 2.17. The lowest BCUT2D eigenvalue weighted by molar-refractivity contribution is 0.0525. The van der Waals surface area contributed by atoms with Crippen LogP contribution in [-0.2, 0) is 9.16 Å². The minimum atomic E-state index is -0.244. The van der Waals surface area contributed by atoms with Crippen LogP contribution in [0, 0.1) is 0 Å². The third kappa shape index (κ3) is 2.95. The smallest absolute Gasteiger partial charge is 0.338 e. The zero-order valence-electron chi connectivity index (χ0n) is 7.72. The summed E-state index contributed by atoms with van der Waals surface area (Å²) in [4.78, 5) is 11.5. The summed E-state index contributed by atoms with van der Waals surface area (Å²) < 4.78 is 6.73. The van der Waals surface area contributed by atoms with Crippen LogP contribution in [0.5, 0.6) is 0 Å². The van der Waals surface area contributed by atoms with Crippen LogP contribution in [-0.4, -0.2) is 12.6 Å². The molecule has 14 heavy (non-hydrogen) atoms. The number of rotatable bonds is 3. The first-order valence-electron chi connectivity index (χ1n) is 4.20. The largest absolute Gasteiger partial charge is 0.462 e. The maximum atomic E-state index is 11.5. The molecule has 0 bridgehead atoms. The topological polar surface area (TPSA) is 26.3 Å². The number of carbonyl (C=O) groups excluding carboxylic acids is 1. The Balaban J connectivity index is 3.01. The van der Waals surface area contributed by atoms with E-state index in [4.69, 9.17) is 4.74 Å². The van der Waals surface area contributed by atoms with Gasteiger partial charge in [0.2, 0.25) is 0 Å². The van der Waals surface area contributed by atoms with Crippen LogP contribution < -0.4 is 0 Å². The van der Waals surface area contributed by atoms with Gasteiger partial charge in [0.1, 0.15) is 0 Å². The molecule has 0 fully saturated rings. The van der Waals surface area contributed by atoms with Crippen molar-refractivity contribution < 1.29 is 9.53 Å². The summed E-state index contributed by atoms with van der Waals surface area (Å²) in [6.07, 6.45) is 0. The molecule has 0 saturated carbocycles. The van der Waals surface area contributed by atoms with Gasteiger partial charge in [-0.3, -0.25) is 0 Å². The van der Waals surface area contributed by atoms with Gasteiger partial charge in [0.15, 0.2) is 0 Å². The Morgan fingerprint density at radius 3 is 2.86 bits per heavy atom. The summed E-state index contributed by atoms with van der Waals surface area (Å²) >= 11 is 5.60. The van der Waals surface area contributed by atoms with Gasteiger partial charge in [-0.25, -0.2) is 4.79 Å². The van der Waals surface area contributed by atoms with Gasteiger partial charge >= 0.3 is 5.97 Å². The predicted molar refractivity (Wildman–Crippen MR) is 67.8 cm³/mol. The van der Waals surface area contributed by atoms with Crippen LogP contribution in [0.2, 0.25) is 0 Å². The van der Waals surface area contributed by atoms with Crippen molar-refractivity contribution in [3.63, 3.8) is 0 Å². The van der Waals surface area contributed by atoms with Gasteiger partial charge in [0.25, 0.3) is 0 Å². The van der Waals surface area contributed by atoms with Gasteiger partial charge in [-0.2, -0.15) is 0 Å². The number of alkyl halides is 1. The fraction of sp³-hybridized carbons (Fsp3) is 0.300. The van der Waals surface area contributed by atoms with Gasteiger partial charge < -0.3 is 4.74 Å². The summed E-state index contributed by atoms with van der Waals surface area (Å²) in [7, 11) is 0. The highest BCUT2D eigenvalue weighted by atomic mass is 127. The van der Waals surface area contributed by atoms with E-state index in [0.29, 0.717) is 12.2 Å². The minimum Gasteiger partial charge on any atom is -0.462 e. The monoisotopic (exact) mass is 368 g/mol. The summed E-state index contributed by atoms with van der Waals surface area (Å²) in [6.45, 7) is 2.22. The Morgan fingerprint density at radius 1 is 1.57 bits per heavy atom. The highest BCUT2D eigenvalue weighted by Gasteiger charge is 2.11. The van der Waals surface area contributed by atoms with Crippen molar-refractivity contribution in [2.45, 2.75) is 11.4 Å². The molecule has 1 rings (SSSR count). The number of esters is 1. The number of benzene rings is 1. The van der Waals surface area contributed by atoms with Crippen molar-refractivity contribution in [2.24, 2.45) is 0 Å². The molecular formula is C10H10BrIO2. The van der Waals surface area contributed by atoms with Crippen molar-refractivity contribution >= 4 is 44.5 Å². The van der Waals surface area contributed by atoms with E-state index in [1.54, 1.807) is 13.0 Å². The summed E-state index contributed by atoms with van der Waals surface area (Å²) in [6, 6.07) is 5.58. The summed E-state index contributed by atoms with van der Waals surface area (Å²) in [5, 5.41) is 0. The highest BCUT2D eigenvalue weighted by molar-refractivity contribution is 14.1. The van der Waals surface area contributed by atoms with Crippen LogP contribution in [0.1, 0.15) is 22.8 Å². The van der Waals surface area contributed by atoms with Gasteiger partial charge in [0, 0.05) is 8.90 Å². The number of hydrogen-bond acceptors (Lipinski definition) is 2. The third-order valence-corrected chi connectivity index (χ3v) is 3.02. The lowest BCUT2D eigenvalue weighted by Gasteiger charge is -2.06. The van der Waals surface area contributed by atoms with Crippen LogP contribution in [0.15, 0.2) is 22.7 Å². The van der Waals surface area contributed by atoms with E-state index < -0.39 is 0 Å². The first kappa shape index (κ1) is 12.0. The Morgan fingerprint density at radius 2 is 2.29 bits per heavy atom. The maximum Gasteiger partial charge on any atom is 0.338 e. The van der Waals surface area contributed by atoms with Crippen LogP contribution in [0.3, 0.4) is 0 Å². The Bertz CT molecular complexity index is 339. The zero-order chi connectivity index (χ0) is 10.6. The van der Waals surface area contributed by atoms with Crippen molar-refractivity contribution in [1.29, 1.82) is 0 Å². The molecule has 0 atom stereocenters. The molecule has 0 N–H and O–H groups in total. The fourth-order valence-electron chi connectivity index (χ4n) is 1.08. The van der Waals surface area contributed by atoms with E-state index >= 15 is 0 Å². The van der Waals surface area contributed by atoms with Gasteiger partial charge in [0.05, 0.1) is 12.2 Å². The molecule has 0 unspecified atom stereocenters. The molecule has 0 aliphatic carbocycles. The van der Waals surface area contributed by atoms with Crippen molar-refractivity contribution in [3.8, 4) is 0 Å². The first-order valence-corrected chi connectivity index (χ1v) is 6.52. The van der Waals surface area contributed by atoms with Gasteiger partial charge in [-0.05, 0) is 30.7 Å². The van der Waals surface area contributed by atoms with E-state index in [2.05, 4.69) is 38.5 Å². The molecule has 0 aromatic heterocycles. The molecule has 0 aliphatic heterocycles. The highest BCUT2D eigenvalue weighted by Crippen LogP contribution is 2.20. The Hall–Kier alpha value is -0.100. The number of halogens is 2. The SMILES string of the molecule is CCOC(=O)c1ccc(Br)cc1CI. The predicted octanol–water partition coefficient (Wildman–Crippen LogP) is 3.56. The van der Waals surface area contributed by atoms with E-state index in [0.717, 1.165) is 14.5 Å². The lowest BCUT2D eigenvalue weighted by atomic mass is 10.1. The molecule has 0 heterocycles. The molecule has 0 radical (unpaired) electrons. The van der Waals surface area contributed by atoms with Crippen LogP contribution in [0.25, 0.3) is 0 Å². The van der Waals surface area contributed by atoms with Crippen molar-refractivity contribution in [1.82, 2.24) is 0 Å². The van der Waals surface area contributed by atoms with Gasteiger partial charge in [-0.15, -0.1) is 0 Å². The van der Waals surface area contributed by atoms with Gasteiger partial charge in [-0.1, -0.05) is 38.5 Å². The second-order valence-corrected chi connectivity index (χ2v) is 4.33. The van der Waals surface area contributed by atoms with Crippen LogP contribution in [0.4, 0.5) is 0 Å². The molecule has 2 nitrogen and oxygen atoms in total. The van der Waals surface area contributed by atoms with Crippen molar-refractivity contribution in [3.05, 3.63) is 33.8 Å².